The van der Waals surface area contributed by atoms with Crippen LogP contribution in [-0.4, -0.2) is 46.0 Å². The highest BCUT2D eigenvalue weighted by atomic mass is 16.5. The predicted octanol–water partition coefficient (Wildman–Crippen LogP) is 5.04. The molecule has 0 atom stereocenters. The number of aryl methyl sites for hydroxylation is 1. The monoisotopic (exact) mass is 440 g/mol. The average Bonchev–Trinajstić information content (AvgIpc) is 3.59. The zero-order valence-corrected chi connectivity index (χ0v) is 19.0. The van der Waals surface area contributed by atoms with Gasteiger partial charge in [-0.3, -0.25) is 9.78 Å². The molecule has 1 aliphatic rings. The first-order chi connectivity index (χ1) is 16.1. The van der Waals surface area contributed by atoms with Crippen molar-refractivity contribution in [2.45, 2.75) is 26.2 Å². The topological polar surface area (TPSA) is 71.1 Å². The summed E-state index contributed by atoms with van der Waals surface area (Å²) in [4.78, 5) is 28.0. The zero-order valence-electron chi connectivity index (χ0n) is 19.0. The fourth-order valence-electron chi connectivity index (χ4n) is 4.27. The van der Waals surface area contributed by atoms with E-state index in [1.807, 2.05) is 23.1 Å². The van der Waals surface area contributed by atoms with E-state index in [4.69, 9.17) is 4.74 Å². The van der Waals surface area contributed by atoms with Crippen molar-refractivity contribution >= 4 is 16.8 Å². The number of nitrogens with zero attached hydrogens (tertiary/aromatic N) is 3. The smallest absolute Gasteiger partial charge is 0.273 e. The van der Waals surface area contributed by atoms with Gasteiger partial charge in [-0.1, -0.05) is 17.7 Å². The number of rotatable bonds is 8. The summed E-state index contributed by atoms with van der Waals surface area (Å²) >= 11 is 0. The van der Waals surface area contributed by atoms with Crippen LogP contribution in [0, 0.1) is 12.8 Å². The molecule has 168 valence electrons. The number of amides is 1. The number of hydrogen-bond acceptors (Lipinski definition) is 4. The lowest BCUT2D eigenvalue weighted by Gasteiger charge is -2.23. The molecule has 33 heavy (non-hydrogen) atoms. The third-order valence-corrected chi connectivity index (χ3v) is 6.29. The van der Waals surface area contributed by atoms with Crippen LogP contribution in [0.4, 0.5) is 0 Å². The molecule has 1 fully saturated rings. The number of pyridine rings is 2. The second-order valence-corrected chi connectivity index (χ2v) is 8.80. The van der Waals surface area contributed by atoms with Crippen molar-refractivity contribution in [2.24, 2.45) is 5.92 Å². The molecule has 1 aliphatic carbocycles. The number of fused-ring (bicyclic) bond motifs is 1. The molecule has 0 unspecified atom stereocenters. The van der Waals surface area contributed by atoms with Gasteiger partial charge in [-0.25, -0.2) is 4.98 Å². The maximum Gasteiger partial charge on any atom is 0.273 e. The van der Waals surface area contributed by atoms with Crippen molar-refractivity contribution in [3.05, 3.63) is 77.9 Å². The summed E-state index contributed by atoms with van der Waals surface area (Å²) < 4.78 is 5.35. The van der Waals surface area contributed by atoms with E-state index in [-0.39, 0.29) is 5.91 Å². The Morgan fingerprint density at radius 2 is 2.09 bits per heavy atom. The van der Waals surface area contributed by atoms with E-state index in [0.29, 0.717) is 24.0 Å². The number of methoxy groups -OCH3 is 1. The highest BCUT2D eigenvalue weighted by Gasteiger charge is 2.29. The second-order valence-electron chi connectivity index (χ2n) is 8.80. The van der Waals surface area contributed by atoms with Gasteiger partial charge in [0.1, 0.15) is 5.69 Å². The molecule has 0 radical (unpaired) electrons. The lowest BCUT2D eigenvalue weighted by molar-refractivity contribution is 0.0743. The van der Waals surface area contributed by atoms with Crippen molar-refractivity contribution in [2.75, 3.05) is 20.2 Å². The molecule has 0 saturated heterocycles. The maximum atomic E-state index is 13.8. The Morgan fingerprint density at radius 3 is 2.85 bits per heavy atom. The minimum Gasteiger partial charge on any atom is -0.481 e. The molecule has 0 bridgehead atoms. The van der Waals surface area contributed by atoms with Crippen LogP contribution in [0.5, 0.6) is 5.88 Å². The van der Waals surface area contributed by atoms with Crippen LogP contribution in [-0.2, 0) is 6.42 Å². The first-order valence-electron chi connectivity index (χ1n) is 11.4. The molecule has 3 aromatic heterocycles. The molecule has 5 rings (SSSR count). The molecule has 3 heterocycles. The van der Waals surface area contributed by atoms with E-state index in [2.05, 4.69) is 46.3 Å². The Morgan fingerprint density at radius 1 is 1.21 bits per heavy atom. The van der Waals surface area contributed by atoms with Gasteiger partial charge in [-0.15, -0.1) is 0 Å². The third-order valence-electron chi connectivity index (χ3n) is 6.29. The molecule has 0 spiro atoms. The molecule has 0 aliphatic heterocycles. The molecule has 1 N–H and O–H groups in total. The summed E-state index contributed by atoms with van der Waals surface area (Å²) in [5, 5.41) is 1.23. The minimum absolute atomic E-state index is 0.0596. The molecule has 6 nitrogen and oxygen atoms in total. The molecular weight excluding hydrogens is 412 g/mol. The first kappa shape index (κ1) is 21.2. The lowest BCUT2D eigenvalue weighted by Crippen LogP contribution is -2.35. The number of H-pyrrole nitrogens is 1. The molecule has 1 saturated carbocycles. The fraction of sp³-hybridized carbons (Fsp3) is 0.296. The number of hydrogen-bond donors (Lipinski definition) is 1. The normalized spacial score (nSPS) is 13.3. The SMILES string of the molecule is COc1ccc(-c2cccnc2)c(C(=O)N(CCc2c[nH]c3ccc(C)cc23)CC2CC2)n1. The number of benzene rings is 1. The van der Waals surface area contributed by atoms with E-state index < -0.39 is 0 Å². The van der Waals surface area contributed by atoms with Crippen molar-refractivity contribution in [1.29, 1.82) is 0 Å². The molecule has 1 amide bonds. The van der Waals surface area contributed by atoms with E-state index in [9.17, 15) is 4.79 Å². The van der Waals surface area contributed by atoms with Crippen LogP contribution in [0.3, 0.4) is 0 Å². The third kappa shape index (κ3) is 4.60. The van der Waals surface area contributed by atoms with E-state index in [1.165, 1.54) is 29.4 Å². The van der Waals surface area contributed by atoms with Gasteiger partial charge in [-0.2, -0.15) is 0 Å². The average molecular weight is 441 g/mol. The van der Waals surface area contributed by atoms with Crippen LogP contribution >= 0.6 is 0 Å². The van der Waals surface area contributed by atoms with Gasteiger partial charge in [0.15, 0.2) is 0 Å². The summed E-state index contributed by atoms with van der Waals surface area (Å²) in [6.45, 7) is 3.50. The predicted molar refractivity (Wildman–Crippen MR) is 129 cm³/mol. The highest BCUT2D eigenvalue weighted by molar-refractivity contribution is 5.99. The van der Waals surface area contributed by atoms with Gasteiger partial charge in [0, 0.05) is 59.8 Å². The van der Waals surface area contributed by atoms with Gasteiger partial charge < -0.3 is 14.6 Å². The van der Waals surface area contributed by atoms with E-state index in [1.54, 1.807) is 25.6 Å². The highest BCUT2D eigenvalue weighted by Crippen LogP contribution is 2.32. The van der Waals surface area contributed by atoms with Crippen LogP contribution < -0.4 is 4.74 Å². The Hall–Kier alpha value is -3.67. The number of aromatic nitrogens is 3. The summed E-state index contributed by atoms with van der Waals surface area (Å²) in [5.74, 6) is 0.951. The fourth-order valence-corrected chi connectivity index (χ4v) is 4.27. The summed E-state index contributed by atoms with van der Waals surface area (Å²) in [6, 6.07) is 13.9. The first-order valence-corrected chi connectivity index (χ1v) is 11.4. The van der Waals surface area contributed by atoms with Crippen LogP contribution in [0.15, 0.2) is 61.1 Å². The van der Waals surface area contributed by atoms with Crippen molar-refractivity contribution in [3.8, 4) is 17.0 Å². The molecular formula is C27H28N4O2. The van der Waals surface area contributed by atoms with Gasteiger partial charge in [0.2, 0.25) is 5.88 Å². The van der Waals surface area contributed by atoms with Crippen LogP contribution in [0.2, 0.25) is 0 Å². The van der Waals surface area contributed by atoms with Crippen molar-refractivity contribution in [3.63, 3.8) is 0 Å². The maximum absolute atomic E-state index is 13.8. The Kier molecular flexibility index (Phi) is 5.82. The number of carbonyl (C=O) groups excluding carboxylic acids is 1. The Labute approximate surface area is 193 Å². The van der Waals surface area contributed by atoms with E-state index in [0.717, 1.165) is 29.6 Å². The van der Waals surface area contributed by atoms with Crippen LogP contribution in [0.25, 0.3) is 22.0 Å². The Balaban J connectivity index is 1.45. The zero-order chi connectivity index (χ0) is 22.8. The van der Waals surface area contributed by atoms with Crippen LogP contribution in [0.1, 0.15) is 34.5 Å². The Bertz CT molecular complexity index is 1280. The summed E-state index contributed by atoms with van der Waals surface area (Å²) in [7, 11) is 1.57. The van der Waals surface area contributed by atoms with Crippen molar-refractivity contribution < 1.29 is 9.53 Å². The molecule has 6 heteroatoms. The lowest BCUT2D eigenvalue weighted by atomic mass is 10.0. The van der Waals surface area contributed by atoms with Gasteiger partial charge in [0.05, 0.1) is 7.11 Å². The molecule has 1 aromatic carbocycles. The summed E-state index contributed by atoms with van der Waals surface area (Å²) in [6.07, 6.45) is 8.70. The quantitative estimate of drug-likeness (QED) is 0.417. The largest absolute Gasteiger partial charge is 0.481 e. The minimum atomic E-state index is -0.0596. The van der Waals surface area contributed by atoms with E-state index >= 15 is 0 Å². The van der Waals surface area contributed by atoms with Gasteiger partial charge in [-0.05, 0) is 61.9 Å². The summed E-state index contributed by atoms with van der Waals surface area (Å²) in [5.41, 5.74) is 5.65. The van der Waals surface area contributed by atoms with Gasteiger partial charge in [0.25, 0.3) is 5.91 Å². The molecule has 4 aromatic rings. The standard InChI is InChI=1S/C27H28N4O2/c1-18-5-9-24-23(14-18)21(16-29-24)11-13-31(17-19-6-7-19)27(32)26-22(8-10-25(30-26)33-2)20-4-3-12-28-15-20/h3-5,8-10,12,14-16,19,29H,6-7,11,13,17H2,1-2H3. The second kappa shape index (κ2) is 9.06. The number of carbonyl (C=O) groups is 1. The number of nitrogens with one attached hydrogen (secondary N) is 1. The number of aromatic amines is 1. The number of ether oxygens (including phenoxy) is 1. The van der Waals surface area contributed by atoms with Gasteiger partial charge >= 0.3 is 0 Å². The van der Waals surface area contributed by atoms with Crippen molar-refractivity contribution in [1.82, 2.24) is 19.9 Å².